The van der Waals surface area contributed by atoms with Gasteiger partial charge in [-0.3, -0.25) is 9.52 Å². The Balaban J connectivity index is 1.85. The predicted octanol–water partition coefficient (Wildman–Crippen LogP) is 2.20. The number of hydrogen-bond acceptors (Lipinski definition) is 4. The van der Waals surface area contributed by atoms with E-state index in [1.807, 2.05) is 13.0 Å². The fourth-order valence-electron chi connectivity index (χ4n) is 3.00. The molecule has 1 atom stereocenters. The summed E-state index contributed by atoms with van der Waals surface area (Å²) in [5.41, 5.74) is 2.38. The van der Waals surface area contributed by atoms with Crippen molar-refractivity contribution in [3.8, 4) is 0 Å². The van der Waals surface area contributed by atoms with Gasteiger partial charge in [0.25, 0.3) is 15.9 Å². The molecule has 3 rings (SSSR count). The Morgan fingerprint density at radius 3 is 2.65 bits per heavy atom. The molecule has 0 bridgehead atoms. The lowest BCUT2D eigenvalue weighted by Gasteiger charge is -2.14. The Labute approximate surface area is 154 Å². The first-order valence-corrected chi connectivity index (χ1v) is 10.1. The van der Waals surface area contributed by atoms with Crippen LogP contribution < -0.4 is 15.4 Å². The zero-order valence-electron chi connectivity index (χ0n) is 14.9. The maximum Gasteiger partial charge on any atom is 0.262 e. The lowest BCUT2D eigenvalue weighted by molar-refractivity contribution is 0.0940. The normalized spacial score (nSPS) is 17.1. The Morgan fingerprint density at radius 2 is 1.96 bits per heavy atom. The van der Waals surface area contributed by atoms with Crippen LogP contribution in [0.5, 0.6) is 0 Å². The van der Waals surface area contributed by atoms with E-state index in [9.17, 15) is 13.2 Å². The molecule has 138 valence electrons. The molecule has 1 fully saturated rings. The quantitative estimate of drug-likeness (QED) is 0.750. The van der Waals surface area contributed by atoms with Gasteiger partial charge in [0.15, 0.2) is 0 Å². The first-order valence-electron chi connectivity index (χ1n) is 8.57. The fraction of sp³-hybridized carbons (Fsp3) is 0.316. The molecule has 2 aromatic rings. The van der Waals surface area contributed by atoms with Gasteiger partial charge in [-0.05, 0) is 62.2 Å². The van der Waals surface area contributed by atoms with Crippen molar-refractivity contribution in [1.82, 2.24) is 10.6 Å². The van der Waals surface area contributed by atoms with E-state index in [-0.39, 0.29) is 16.8 Å². The second kappa shape index (κ2) is 7.47. The summed E-state index contributed by atoms with van der Waals surface area (Å²) in [4.78, 5) is 12.5. The van der Waals surface area contributed by atoms with Crippen LogP contribution >= 0.6 is 0 Å². The highest BCUT2D eigenvalue weighted by atomic mass is 32.2. The highest BCUT2D eigenvalue weighted by Crippen LogP contribution is 2.21. The Morgan fingerprint density at radius 1 is 1.15 bits per heavy atom. The van der Waals surface area contributed by atoms with Crippen molar-refractivity contribution < 1.29 is 13.2 Å². The van der Waals surface area contributed by atoms with E-state index >= 15 is 0 Å². The number of carbonyl (C=O) groups is 1. The molecule has 1 aliphatic heterocycles. The molecule has 0 aliphatic carbocycles. The average molecular weight is 373 g/mol. The van der Waals surface area contributed by atoms with Gasteiger partial charge < -0.3 is 10.6 Å². The molecule has 7 heteroatoms. The molecule has 1 amide bonds. The zero-order valence-corrected chi connectivity index (χ0v) is 15.7. The first-order chi connectivity index (χ1) is 12.3. The smallest absolute Gasteiger partial charge is 0.262 e. The van der Waals surface area contributed by atoms with Gasteiger partial charge in [-0.25, -0.2) is 8.42 Å². The topological polar surface area (TPSA) is 87.3 Å². The second-order valence-corrected chi connectivity index (χ2v) is 8.27. The largest absolute Gasteiger partial charge is 0.348 e. The molecule has 3 N–H and O–H groups in total. The van der Waals surface area contributed by atoms with E-state index in [4.69, 9.17) is 0 Å². The SMILES string of the molecule is Cc1cccc(NS(=O)(=O)c2cc(C(=O)NC3CCNC3)ccc2C)c1. The maximum atomic E-state index is 12.8. The summed E-state index contributed by atoms with van der Waals surface area (Å²) in [6.45, 7) is 5.22. The van der Waals surface area contributed by atoms with Crippen molar-refractivity contribution >= 4 is 21.6 Å². The number of benzene rings is 2. The maximum absolute atomic E-state index is 12.8. The van der Waals surface area contributed by atoms with Crippen molar-refractivity contribution in [2.45, 2.75) is 31.2 Å². The zero-order chi connectivity index (χ0) is 18.7. The molecule has 0 spiro atoms. The molecule has 1 unspecified atom stereocenters. The molecule has 26 heavy (non-hydrogen) atoms. The number of carbonyl (C=O) groups excluding carboxylic acids is 1. The van der Waals surface area contributed by atoms with Crippen LogP contribution in [0.4, 0.5) is 5.69 Å². The van der Waals surface area contributed by atoms with Crippen LogP contribution in [0.25, 0.3) is 0 Å². The number of sulfonamides is 1. The summed E-state index contributed by atoms with van der Waals surface area (Å²) in [6, 6.07) is 12.0. The molecule has 1 aliphatic rings. The average Bonchev–Trinajstić information content (AvgIpc) is 3.07. The third kappa shape index (κ3) is 4.23. The number of nitrogens with one attached hydrogen (secondary N) is 3. The van der Waals surface area contributed by atoms with E-state index < -0.39 is 10.0 Å². The van der Waals surface area contributed by atoms with Gasteiger partial charge >= 0.3 is 0 Å². The van der Waals surface area contributed by atoms with E-state index in [2.05, 4.69) is 15.4 Å². The van der Waals surface area contributed by atoms with E-state index in [1.165, 1.54) is 6.07 Å². The number of hydrogen-bond donors (Lipinski definition) is 3. The van der Waals surface area contributed by atoms with Gasteiger partial charge in [-0.1, -0.05) is 18.2 Å². The fourth-order valence-corrected chi connectivity index (χ4v) is 4.32. The Bertz CT molecular complexity index is 919. The third-order valence-electron chi connectivity index (χ3n) is 4.41. The predicted molar refractivity (Wildman–Crippen MR) is 102 cm³/mol. The summed E-state index contributed by atoms with van der Waals surface area (Å²) in [5.74, 6) is -0.259. The summed E-state index contributed by atoms with van der Waals surface area (Å²) < 4.78 is 28.2. The number of aryl methyl sites for hydroxylation is 2. The van der Waals surface area contributed by atoms with Gasteiger partial charge in [-0.15, -0.1) is 0 Å². The minimum Gasteiger partial charge on any atom is -0.348 e. The van der Waals surface area contributed by atoms with Crippen LogP contribution in [0.2, 0.25) is 0 Å². The molecule has 1 heterocycles. The van der Waals surface area contributed by atoms with Crippen molar-refractivity contribution in [3.05, 3.63) is 59.2 Å². The van der Waals surface area contributed by atoms with Crippen LogP contribution in [-0.2, 0) is 10.0 Å². The molecule has 0 aromatic heterocycles. The molecule has 2 aromatic carbocycles. The highest BCUT2D eigenvalue weighted by Gasteiger charge is 2.21. The Hall–Kier alpha value is -2.38. The van der Waals surface area contributed by atoms with Crippen LogP contribution in [-0.4, -0.2) is 33.5 Å². The monoisotopic (exact) mass is 373 g/mol. The minimum atomic E-state index is -3.79. The highest BCUT2D eigenvalue weighted by molar-refractivity contribution is 7.92. The van der Waals surface area contributed by atoms with Gasteiger partial charge in [0.2, 0.25) is 0 Å². The summed E-state index contributed by atoms with van der Waals surface area (Å²) in [6.07, 6.45) is 0.873. The van der Waals surface area contributed by atoms with Crippen molar-refractivity contribution in [3.63, 3.8) is 0 Å². The number of rotatable bonds is 5. The summed E-state index contributed by atoms with van der Waals surface area (Å²) >= 11 is 0. The molecular weight excluding hydrogens is 350 g/mol. The van der Waals surface area contributed by atoms with Crippen LogP contribution in [0.15, 0.2) is 47.4 Å². The van der Waals surface area contributed by atoms with Crippen LogP contribution in [0, 0.1) is 13.8 Å². The minimum absolute atomic E-state index is 0.0780. The van der Waals surface area contributed by atoms with Gasteiger partial charge in [0, 0.05) is 23.8 Å². The third-order valence-corrected chi connectivity index (χ3v) is 5.93. The lowest BCUT2D eigenvalue weighted by Crippen LogP contribution is -2.36. The second-order valence-electron chi connectivity index (χ2n) is 6.62. The van der Waals surface area contributed by atoms with Gasteiger partial charge in [-0.2, -0.15) is 0 Å². The summed E-state index contributed by atoms with van der Waals surface area (Å²) in [5, 5.41) is 6.12. The summed E-state index contributed by atoms with van der Waals surface area (Å²) in [7, 11) is -3.79. The van der Waals surface area contributed by atoms with Crippen LogP contribution in [0.1, 0.15) is 27.9 Å². The number of amides is 1. The first kappa shape index (κ1) is 18.4. The van der Waals surface area contributed by atoms with Crippen molar-refractivity contribution in [2.75, 3.05) is 17.8 Å². The van der Waals surface area contributed by atoms with E-state index in [0.29, 0.717) is 16.8 Å². The molecule has 0 radical (unpaired) electrons. The van der Waals surface area contributed by atoms with E-state index in [1.54, 1.807) is 37.3 Å². The van der Waals surface area contributed by atoms with Gasteiger partial charge in [0.1, 0.15) is 0 Å². The number of anilines is 1. The van der Waals surface area contributed by atoms with Gasteiger partial charge in [0.05, 0.1) is 4.90 Å². The lowest BCUT2D eigenvalue weighted by atomic mass is 10.1. The molecule has 0 saturated carbocycles. The standard InChI is InChI=1S/C19H23N3O3S/c1-13-4-3-5-16(10-13)22-26(24,25)18-11-15(7-6-14(18)2)19(23)21-17-8-9-20-12-17/h3-7,10-11,17,20,22H,8-9,12H2,1-2H3,(H,21,23). The molecular formula is C19H23N3O3S. The van der Waals surface area contributed by atoms with E-state index in [0.717, 1.165) is 25.1 Å². The van der Waals surface area contributed by atoms with Crippen molar-refractivity contribution in [2.24, 2.45) is 0 Å². The Kier molecular flexibility index (Phi) is 5.29. The molecule has 6 nitrogen and oxygen atoms in total. The van der Waals surface area contributed by atoms with Crippen molar-refractivity contribution in [1.29, 1.82) is 0 Å². The van der Waals surface area contributed by atoms with Crippen LogP contribution in [0.3, 0.4) is 0 Å². The molecule has 1 saturated heterocycles.